The van der Waals surface area contributed by atoms with Crippen molar-refractivity contribution in [2.75, 3.05) is 25.0 Å². The van der Waals surface area contributed by atoms with Gasteiger partial charge in [0.2, 0.25) is 0 Å². The quantitative estimate of drug-likeness (QED) is 0.854. The molecule has 0 radical (unpaired) electrons. The Labute approximate surface area is 111 Å². The van der Waals surface area contributed by atoms with Crippen LogP contribution >= 0.6 is 23.2 Å². The largest absolute Gasteiger partial charge is 0.337 e. The fourth-order valence-corrected chi connectivity index (χ4v) is 2.10. The number of nitrogens with one attached hydrogen (secondary N) is 1. The van der Waals surface area contributed by atoms with Crippen molar-refractivity contribution in [3.8, 4) is 0 Å². The smallest absolute Gasteiger partial charge is 0.198 e. The molecule has 0 fully saturated rings. The van der Waals surface area contributed by atoms with E-state index in [-0.39, 0.29) is 0 Å². The fourth-order valence-electron chi connectivity index (χ4n) is 1.65. The first-order valence-corrected chi connectivity index (χ1v) is 6.08. The zero-order chi connectivity index (χ0) is 12.3. The first-order chi connectivity index (χ1) is 8.20. The summed E-state index contributed by atoms with van der Waals surface area (Å²) in [6.07, 6.45) is 1.85. The Balaban J connectivity index is 2.12. The molecule has 0 aliphatic carbocycles. The van der Waals surface area contributed by atoms with Gasteiger partial charge in [0.25, 0.3) is 0 Å². The van der Waals surface area contributed by atoms with Gasteiger partial charge in [-0.1, -0.05) is 29.3 Å². The molecular formula is C12H13Cl2N3. The lowest BCUT2D eigenvalue weighted by atomic mass is 10.3. The topological polar surface area (TPSA) is 27.6 Å². The highest BCUT2D eigenvalue weighted by atomic mass is 35.5. The Morgan fingerprint density at radius 1 is 1.47 bits per heavy atom. The van der Waals surface area contributed by atoms with Gasteiger partial charge in [-0.2, -0.15) is 0 Å². The summed E-state index contributed by atoms with van der Waals surface area (Å²) in [5.41, 5.74) is 0.811. The average molecular weight is 270 g/mol. The van der Waals surface area contributed by atoms with E-state index in [1.807, 2.05) is 12.1 Å². The van der Waals surface area contributed by atoms with Crippen LogP contribution in [-0.4, -0.2) is 30.5 Å². The van der Waals surface area contributed by atoms with E-state index in [1.54, 1.807) is 12.1 Å². The molecule has 1 aromatic rings. The van der Waals surface area contributed by atoms with Gasteiger partial charge in [0.05, 0.1) is 17.3 Å². The summed E-state index contributed by atoms with van der Waals surface area (Å²) in [4.78, 5) is 6.50. The molecule has 0 bridgehead atoms. The highest BCUT2D eigenvalue weighted by molar-refractivity contribution is 6.36. The second kappa shape index (κ2) is 5.43. The molecule has 3 nitrogen and oxygen atoms in total. The minimum Gasteiger partial charge on any atom is -0.337 e. The maximum atomic E-state index is 6.09. The predicted molar refractivity (Wildman–Crippen MR) is 74.2 cm³/mol. The van der Waals surface area contributed by atoms with Crippen molar-refractivity contribution >= 4 is 34.8 Å². The lowest BCUT2D eigenvalue weighted by Crippen LogP contribution is -2.33. The summed E-state index contributed by atoms with van der Waals surface area (Å²) in [5.74, 6) is 0.828. The summed E-state index contributed by atoms with van der Waals surface area (Å²) in [6.45, 7) is 6.20. The molecule has 90 valence electrons. The molecule has 0 atom stereocenters. The third kappa shape index (κ3) is 2.93. The normalized spacial score (nSPS) is 14.7. The van der Waals surface area contributed by atoms with Crippen LogP contribution in [0.3, 0.4) is 0 Å². The van der Waals surface area contributed by atoms with E-state index in [4.69, 9.17) is 23.2 Å². The molecular weight excluding hydrogens is 257 g/mol. The highest BCUT2D eigenvalue weighted by Crippen LogP contribution is 2.25. The minimum atomic E-state index is 0.589. The van der Waals surface area contributed by atoms with Gasteiger partial charge in [-0.3, -0.25) is 4.99 Å². The average Bonchev–Trinajstić information content (AvgIpc) is 2.71. The van der Waals surface area contributed by atoms with Crippen LogP contribution in [0.15, 0.2) is 35.8 Å². The molecule has 1 aliphatic rings. The van der Waals surface area contributed by atoms with Crippen LogP contribution < -0.4 is 5.32 Å². The highest BCUT2D eigenvalue weighted by Gasteiger charge is 2.16. The Hall–Kier alpha value is -1.19. The molecule has 1 aliphatic heterocycles. The van der Waals surface area contributed by atoms with E-state index in [9.17, 15) is 0 Å². The van der Waals surface area contributed by atoms with E-state index in [1.165, 1.54) is 0 Å². The van der Waals surface area contributed by atoms with Gasteiger partial charge in [0, 0.05) is 18.1 Å². The zero-order valence-corrected chi connectivity index (χ0v) is 10.8. The molecule has 17 heavy (non-hydrogen) atoms. The van der Waals surface area contributed by atoms with Crippen molar-refractivity contribution in [1.82, 2.24) is 4.90 Å². The summed E-state index contributed by atoms with van der Waals surface area (Å²) in [6, 6.07) is 5.35. The van der Waals surface area contributed by atoms with Crippen LogP contribution in [0, 0.1) is 0 Å². The maximum absolute atomic E-state index is 6.09. The molecule has 0 spiro atoms. The number of rotatable bonds is 3. The zero-order valence-electron chi connectivity index (χ0n) is 9.29. The minimum absolute atomic E-state index is 0.589. The number of anilines is 1. The number of halogens is 2. The summed E-state index contributed by atoms with van der Waals surface area (Å²) < 4.78 is 0. The molecule has 0 saturated heterocycles. The second-order valence-electron chi connectivity index (χ2n) is 3.69. The number of benzene rings is 1. The van der Waals surface area contributed by atoms with Crippen LogP contribution in [-0.2, 0) is 0 Å². The third-order valence-corrected chi connectivity index (χ3v) is 3.01. The molecule has 1 heterocycles. The van der Waals surface area contributed by atoms with Crippen LogP contribution in [0.1, 0.15) is 0 Å². The van der Waals surface area contributed by atoms with E-state index in [0.29, 0.717) is 10.0 Å². The van der Waals surface area contributed by atoms with Gasteiger partial charge in [-0.05, 0) is 18.2 Å². The number of hydrogen-bond donors (Lipinski definition) is 1. The van der Waals surface area contributed by atoms with Gasteiger partial charge in [-0.25, -0.2) is 0 Å². The molecule has 5 heteroatoms. The summed E-state index contributed by atoms with van der Waals surface area (Å²) in [5, 5.41) is 4.42. The van der Waals surface area contributed by atoms with Crippen molar-refractivity contribution in [2.24, 2.45) is 4.99 Å². The molecule has 2 rings (SSSR count). The lowest BCUT2D eigenvalue weighted by Gasteiger charge is -2.19. The van der Waals surface area contributed by atoms with Gasteiger partial charge >= 0.3 is 0 Å². The van der Waals surface area contributed by atoms with E-state index < -0.39 is 0 Å². The van der Waals surface area contributed by atoms with Crippen LogP contribution in [0.4, 0.5) is 5.69 Å². The Morgan fingerprint density at radius 3 is 3.00 bits per heavy atom. The molecule has 1 N–H and O–H groups in total. The van der Waals surface area contributed by atoms with Crippen molar-refractivity contribution in [3.05, 3.63) is 40.9 Å². The van der Waals surface area contributed by atoms with Crippen LogP contribution in [0.2, 0.25) is 10.0 Å². The van der Waals surface area contributed by atoms with Gasteiger partial charge in [0.15, 0.2) is 5.96 Å². The summed E-state index contributed by atoms with van der Waals surface area (Å²) >= 11 is 11.9. The van der Waals surface area contributed by atoms with Gasteiger partial charge < -0.3 is 10.2 Å². The first-order valence-electron chi connectivity index (χ1n) is 5.33. The number of guanidine groups is 1. The predicted octanol–water partition coefficient (Wildman–Crippen LogP) is 3.26. The molecule has 0 unspecified atom stereocenters. The van der Waals surface area contributed by atoms with E-state index in [2.05, 4.69) is 21.8 Å². The van der Waals surface area contributed by atoms with Gasteiger partial charge in [-0.15, -0.1) is 6.58 Å². The van der Waals surface area contributed by atoms with Crippen molar-refractivity contribution in [1.29, 1.82) is 0 Å². The second-order valence-corrected chi connectivity index (χ2v) is 4.53. The number of aliphatic imine (C=N–C) groups is 1. The third-order valence-electron chi connectivity index (χ3n) is 2.46. The Bertz CT molecular complexity index is 457. The van der Waals surface area contributed by atoms with Crippen molar-refractivity contribution in [3.63, 3.8) is 0 Å². The first kappa shape index (κ1) is 12.3. The SMILES string of the molecule is C=CCN1CCN=C1Nc1ccc(Cl)cc1Cl. The van der Waals surface area contributed by atoms with E-state index in [0.717, 1.165) is 31.3 Å². The summed E-state index contributed by atoms with van der Waals surface area (Å²) in [7, 11) is 0. The maximum Gasteiger partial charge on any atom is 0.198 e. The van der Waals surface area contributed by atoms with Crippen molar-refractivity contribution in [2.45, 2.75) is 0 Å². The molecule has 1 aromatic carbocycles. The van der Waals surface area contributed by atoms with Crippen LogP contribution in [0.5, 0.6) is 0 Å². The number of hydrogen-bond acceptors (Lipinski definition) is 3. The Kier molecular flexibility index (Phi) is 3.92. The Morgan fingerprint density at radius 2 is 2.29 bits per heavy atom. The number of nitrogens with zero attached hydrogens (tertiary/aromatic N) is 2. The van der Waals surface area contributed by atoms with Crippen LogP contribution in [0.25, 0.3) is 0 Å². The monoisotopic (exact) mass is 269 g/mol. The lowest BCUT2D eigenvalue weighted by molar-refractivity contribution is 0.506. The molecule has 0 amide bonds. The fraction of sp³-hybridized carbons (Fsp3) is 0.250. The van der Waals surface area contributed by atoms with Crippen molar-refractivity contribution < 1.29 is 0 Å². The molecule has 0 saturated carbocycles. The van der Waals surface area contributed by atoms with Gasteiger partial charge in [0.1, 0.15) is 0 Å². The van der Waals surface area contributed by atoms with E-state index >= 15 is 0 Å². The standard InChI is InChI=1S/C12H13Cl2N3/c1-2-6-17-7-5-15-12(17)16-11-4-3-9(13)8-10(11)14/h2-4,8H,1,5-7H2,(H,15,16). The molecule has 0 aromatic heterocycles.